The normalized spacial score (nSPS) is 23.5. The number of imide groups is 2. The van der Waals surface area contributed by atoms with Gasteiger partial charge in [-0.05, 0) is 0 Å². The second kappa shape index (κ2) is 3.66. The van der Waals surface area contributed by atoms with E-state index in [1.807, 2.05) is 0 Å². The van der Waals surface area contributed by atoms with E-state index in [1.165, 1.54) is 0 Å². The van der Waals surface area contributed by atoms with Crippen molar-refractivity contribution in [2.45, 2.75) is 5.91 Å². The number of amides is 4. The Morgan fingerprint density at radius 1 is 0.850 bits per heavy atom. The molecule has 0 aromatic carbocycles. The lowest BCUT2D eigenvalue weighted by molar-refractivity contribution is -0.162. The molecule has 100 valence electrons. The molecule has 3 rings (SSSR count). The predicted octanol–water partition coefficient (Wildman–Crippen LogP) is -1.77. The molecule has 0 aromatic rings. The molecule has 0 radical (unpaired) electrons. The molecule has 0 aromatic heterocycles. The minimum Gasteiger partial charge on any atom is -0.367 e. The fourth-order valence-corrected chi connectivity index (χ4v) is 2.00. The number of hydrogen-bond acceptors (Lipinski definition) is 8. The first-order valence-corrected chi connectivity index (χ1v) is 5.36. The van der Waals surface area contributed by atoms with Crippen molar-refractivity contribution in [1.29, 1.82) is 0 Å². The molecule has 0 aliphatic carbocycles. The van der Waals surface area contributed by atoms with Gasteiger partial charge in [-0.1, -0.05) is 0 Å². The van der Waals surface area contributed by atoms with Crippen LogP contribution in [-0.2, 0) is 19.2 Å². The second-order valence-corrected chi connectivity index (χ2v) is 3.96. The van der Waals surface area contributed by atoms with Gasteiger partial charge in [0, 0.05) is 24.3 Å². The molecule has 4 amide bonds. The summed E-state index contributed by atoms with van der Waals surface area (Å²) in [6, 6.07) is 0. The Morgan fingerprint density at radius 3 is 1.55 bits per heavy atom. The zero-order chi connectivity index (χ0) is 14.5. The third-order valence-electron chi connectivity index (χ3n) is 2.77. The average molecular weight is 274 g/mol. The van der Waals surface area contributed by atoms with Crippen LogP contribution in [0.1, 0.15) is 0 Å². The van der Waals surface area contributed by atoms with Gasteiger partial charge in [-0.2, -0.15) is 4.99 Å². The topological polar surface area (TPSA) is 138 Å². The molecule has 0 fully saturated rings. The molecule has 0 spiro atoms. The minimum absolute atomic E-state index is 0.356. The first kappa shape index (κ1) is 11.9. The molecule has 3 aliphatic heterocycles. The van der Waals surface area contributed by atoms with Crippen LogP contribution < -0.4 is 5.73 Å². The molecule has 0 bridgehead atoms. The Bertz CT molecular complexity index is 610. The fraction of sp³-hybridized carbons (Fsp3) is 0.100. The van der Waals surface area contributed by atoms with Crippen LogP contribution in [0, 0.1) is 0 Å². The van der Waals surface area contributed by atoms with Crippen molar-refractivity contribution in [3.8, 4) is 0 Å². The summed E-state index contributed by atoms with van der Waals surface area (Å²) in [5.41, 5.74) is 5.38. The average Bonchev–Trinajstić information content (AvgIpc) is 3.01. The van der Waals surface area contributed by atoms with Crippen LogP contribution in [0.3, 0.4) is 0 Å². The fourth-order valence-electron chi connectivity index (χ4n) is 2.00. The Balaban J connectivity index is 2.15. The summed E-state index contributed by atoms with van der Waals surface area (Å²) in [6.07, 6.45) is 3.90. The molecule has 10 nitrogen and oxygen atoms in total. The van der Waals surface area contributed by atoms with Crippen molar-refractivity contribution in [2.24, 2.45) is 21.0 Å². The number of nitrogens with two attached hydrogens (primary N) is 1. The Hall–Kier alpha value is -3.17. The first-order valence-electron chi connectivity index (χ1n) is 5.36. The molecule has 20 heavy (non-hydrogen) atoms. The monoisotopic (exact) mass is 274 g/mol. The standard InChI is InChI=1S/C10H6N6O4/c11-9-12-10(14-13-9,15-5(17)1-2-6(15)18)16-7(19)3-4-8(16)20/h1-4H,(H2,11,12). The first-order chi connectivity index (χ1) is 9.45. The molecule has 0 unspecified atom stereocenters. The molecule has 3 heterocycles. The summed E-state index contributed by atoms with van der Waals surface area (Å²) in [5.74, 6) is -5.69. The number of aliphatic imine (C=N–C) groups is 1. The van der Waals surface area contributed by atoms with Gasteiger partial charge in [0.1, 0.15) is 0 Å². The van der Waals surface area contributed by atoms with Crippen LogP contribution in [0.15, 0.2) is 39.5 Å². The number of carbonyl (C=O) groups is 4. The zero-order valence-electron chi connectivity index (χ0n) is 9.76. The number of rotatable bonds is 2. The van der Waals surface area contributed by atoms with Crippen LogP contribution in [-0.4, -0.2) is 45.3 Å². The number of guanidine groups is 1. The van der Waals surface area contributed by atoms with Crippen molar-refractivity contribution in [2.75, 3.05) is 0 Å². The van der Waals surface area contributed by atoms with E-state index in [2.05, 4.69) is 15.2 Å². The SMILES string of the molecule is NC1=NC(N2C(=O)C=CC2=O)(N2C(=O)C=CC2=O)N=N1. The lowest BCUT2D eigenvalue weighted by atomic mass is 10.4. The van der Waals surface area contributed by atoms with E-state index >= 15 is 0 Å². The minimum atomic E-state index is -2.22. The second-order valence-electron chi connectivity index (χ2n) is 3.96. The van der Waals surface area contributed by atoms with Crippen molar-refractivity contribution < 1.29 is 19.2 Å². The highest BCUT2D eigenvalue weighted by molar-refractivity contribution is 6.17. The molecule has 10 heteroatoms. The van der Waals surface area contributed by atoms with Gasteiger partial charge in [0.2, 0.25) is 5.96 Å². The zero-order valence-corrected chi connectivity index (χ0v) is 9.76. The summed E-state index contributed by atoms with van der Waals surface area (Å²) in [4.78, 5) is 52.0. The smallest absolute Gasteiger partial charge is 0.353 e. The van der Waals surface area contributed by atoms with Gasteiger partial charge in [0.15, 0.2) is 0 Å². The number of azo groups is 1. The molecule has 0 saturated carbocycles. The third-order valence-corrected chi connectivity index (χ3v) is 2.77. The van der Waals surface area contributed by atoms with Gasteiger partial charge < -0.3 is 5.73 Å². The van der Waals surface area contributed by atoms with Crippen molar-refractivity contribution >= 4 is 29.6 Å². The maximum absolute atomic E-state index is 11.8. The summed E-state index contributed by atoms with van der Waals surface area (Å²) in [5, 5.41) is 7.02. The molecule has 0 saturated heterocycles. The van der Waals surface area contributed by atoms with Crippen LogP contribution >= 0.6 is 0 Å². The maximum Gasteiger partial charge on any atom is 0.353 e. The lowest BCUT2D eigenvalue weighted by Gasteiger charge is -2.35. The van der Waals surface area contributed by atoms with Gasteiger partial charge in [-0.3, -0.25) is 19.2 Å². The largest absolute Gasteiger partial charge is 0.367 e. The van der Waals surface area contributed by atoms with Crippen LogP contribution in [0.25, 0.3) is 0 Å². The third kappa shape index (κ3) is 1.35. The molecule has 3 aliphatic rings. The molecular formula is C10H6N6O4. The van der Waals surface area contributed by atoms with Crippen LogP contribution in [0.2, 0.25) is 0 Å². The highest BCUT2D eigenvalue weighted by Gasteiger charge is 2.57. The van der Waals surface area contributed by atoms with Gasteiger partial charge >= 0.3 is 5.91 Å². The van der Waals surface area contributed by atoms with Crippen molar-refractivity contribution in [1.82, 2.24) is 9.80 Å². The summed E-state index contributed by atoms with van der Waals surface area (Å²) in [7, 11) is 0. The Kier molecular flexibility index (Phi) is 2.18. The van der Waals surface area contributed by atoms with E-state index in [0.717, 1.165) is 24.3 Å². The molecule has 0 atom stereocenters. The predicted molar refractivity (Wildman–Crippen MR) is 61.2 cm³/mol. The van der Waals surface area contributed by atoms with E-state index in [1.54, 1.807) is 0 Å². The van der Waals surface area contributed by atoms with Gasteiger partial charge in [0.05, 0.1) is 0 Å². The van der Waals surface area contributed by atoms with E-state index in [-0.39, 0.29) is 5.96 Å². The number of hydrogen-bond donors (Lipinski definition) is 1. The van der Waals surface area contributed by atoms with E-state index in [9.17, 15) is 19.2 Å². The highest BCUT2D eigenvalue weighted by Crippen LogP contribution is 2.33. The van der Waals surface area contributed by atoms with Crippen molar-refractivity contribution in [3.05, 3.63) is 24.3 Å². The highest BCUT2D eigenvalue weighted by atomic mass is 16.2. The molecule has 2 N–H and O–H groups in total. The van der Waals surface area contributed by atoms with Crippen LogP contribution in [0.4, 0.5) is 0 Å². The number of nitrogens with zero attached hydrogens (tertiary/aromatic N) is 5. The molecular weight excluding hydrogens is 268 g/mol. The maximum atomic E-state index is 11.8. The van der Waals surface area contributed by atoms with E-state index in [0.29, 0.717) is 9.80 Å². The summed E-state index contributed by atoms with van der Waals surface area (Å²) < 4.78 is 0. The Morgan fingerprint density at radius 2 is 1.25 bits per heavy atom. The van der Waals surface area contributed by atoms with Crippen LogP contribution in [0.5, 0.6) is 0 Å². The van der Waals surface area contributed by atoms with Crippen molar-refractivity contribution in [3.63, 3.8) is 0 Å². The summed E-state index contributed by atoms with van der Waals surface area (Å²) >= 11 is 0. The summed E-state index contributed by atoms with van der Waals surface area (Å²) in [6.45, 7) is 0. The number of carbonyl (C=O) groups excluding carboxylic acids is 4. The van der Waals surface area contributed by atoms with E-state index < -0.39 is 29.5 Å². The van der Waals surface area contributed by atoms with Gasteiger partial charge in [-0.15, -0.1) is 10.2 Å². The van der Waals surface area contributed by atoms with Gasteiger partial charge in [-0.25, -0.2) is 9.80 Å². The Labute approximate surface area is 110 Å². The quantitative estimate of drug-likeness (QED) is 0.593. The van der Waals surface area contributed by atoms with Gasteiger partial charge in [0.25, 0.3) is 23.6 Å². The lowest BCUT2D eigenvalue weighted by Crippen LogP contribution is -2.61. The van der Waals surface area contributed by atoms with E-state index in [4.69, 9.17) is 5.73 Å².